The number of carbonyl (C=O) groups excluding carboxylic acids is 1. The lowest BCUT2D eigenvalue weighted by molar-refractivity contribution is 0.102. The Balaban J connectivity index is 1.25. The zero-order valence-electron chi connectivity index (χ0n) is 18.4. The van der Waals surface area contributed by atoms with Crippen LogP contribution in [-0.2, 0) is 12.8 Å². The molecule has 0 fully saturated rings. The molecule has 0 aliphatic heterocycles. The molecule has 4 heteroatoms. The smallest absolute Gasteiger partial charge is 0.255 e. The first-order chi connectivity index (χ1) is 16.3. The predicted molar refractivity (Wildman–Crippen MR) is 132 cm³/mol. The van der Waals surface area contributed by atoms with E-state index < -0.39 is 0 Å². The van der Waals surface area contributed by atoms with Gasteiger partial charge in [-0.15, -0.1) is 0 Å². The Bertz CT molecular complexity index is 1140. The summed E-state index contributed by atoms with van der Waals surface area (Å²) in [5.41, 5.74) is 3.73. The second kappa shape index (κ2) is 11.5. The number of amides is 1. The van der Waals surface area contributed by atoms with Crippen molar-refractivity contribution in [1.29, 1.82) is 0 Å². The highest BCUT2D eigenvalue weighted by Gasteiger charge is 2.08. The minimum absolute atomic E-state index is 0.179. The van der Waals surface area contributed by atoms with Crippen molar-refractivity contribution < 1.29 is 14.3 Å². The summed E-state index contributed by atoms with van der Waals surface area (Å²) in [6.45, 7) is 1.16. The molecule has 0 heterocycles. The molecule has 1 amide bonds. The van der Waals surface area contributed by atoms with Crippen molar-refractivity contribution in [3.05, 3.63) is 126 Å². The lowest BCUT2D eigenvalue weighted by Gasteiger charge is -2.10. The van der Waals surface area contributed by atoms with Gasteiger partial charge in [-0.2, -0.15) is 0 Å². The third-order valence-corrected chi connectivity index (χ3v) is 5.21. The molecule has 1 N–H and O–H groups in total. The number of anilines is 1. The molecule has 0 saturated heterocycles. The number of rotatable bonds is 10. The van der Waals surface area contributed by atoms with E-state index in [-0.39, 0.29) is 5.91 Å². The van der Waals surface area contributed by atoms with E-state index >= 15 is 0 Å². The van der Waals surface area contributed by atoms with Gasteiger partial charge in [-0.05, 0) is 53.6 Å². The van der Waals surface area contributed by atoms with Crippen molar-refractivity contribution in [3.8, 4) is 11.5 Å². The van der Waals surface area contributed by atoms with E-state index in [2.05, 4.69) is 29.6 Å². The van der Waals surface area contributed by atoms with Crippen LogP contribution in [0, 0.1) is 0 Å². The summed E-state index contributed by atoms with van der Waals surface area (Å²) >= 11 is 0. The molecule has 166 valence electrons. The number of benzene rings is 4. The maximum Gasteiger partial charge on any atom is 0.255 e. The van der Waals surface area contributed by atoms with Crippen LogP contribution < -0.4 is 14.8 Å². The summed E-state index contributed by atoms with van der Waals surface area (Å²) in [5.74, 6) is 1.28. The van der Waals surface area contributed by atoms with Crippen molar-refractivity contribution >= 4 is 11.6 Å². The Kier molecular flexibility index (Phi) is 7.74. The van der Waals surface area contributed by atoms with Gasteiger partial charge in [0.15, 0.2) is 0 Å². The molecule has 4 aromatic rings. The summed E-state index contributed by atoms with van der Waals surface area (Å²) in [6.07, 6.45) is 1.67. The number of hydrogen-bond donors (Lipinski definition) is 1. The van der Waals surface area contributed by atoms with E-state index in [1.807, 2.05) is 72.8 Å². The quantitative estimate of drug-likeness (QED) is 0.322. The Morgan fingerprint density at radius 2 is 1.18 bits per heavy atom. The number of carbonyl (C=O) groups is 1. The van der Waals surface area contributed by atoms with Crippen LogP contribution in [0.15, 0.2) is 109 Å². The Hall–Kier alpha value is -4.05. The number of hydrogen-bond acceptors (Lipinski definition) is 3. The van der Waals surface area contributed by atoms with Crippen LogP contribution in [0.2, 0.25) is 0 Å². The monoisotopic (exact) mass is 437 g/mol. The molecule has 4 nitrogen and oxygen atoms in total. The molecule has 33 heavy (non-hydrogen) atoms. The van der Waals surface area contributed by atoms with Crippen LogP contribution in [0.25, 0.3) is 0 Å². The third-order valence-electron chi connectivity index (χ3n) is 5.21. The summed E-state index contributed by atoms with van der Waals surface area (Å²) in [6, 6.07) is 35.1. The molecule has 0 radical (unpaired) electrons. The molecule has 0 aliphatic carbocycles. The maximum atomic E-state index is 12.7. The molecule has 0 unspecified atom stereocenters. The van der Waals surface area contributed by atoms with Crippen molar-refractivity contribution in [2.75, 3.05) is 18.5 Å². The van der Waals surface area contributed by atoms with Gasteiger partial charge >= 0.3 is 0 Å². The van der Waals surface area contributed by atoms with E-state index in [4.69, 9.17) is 9.47 Å². The van der Waals surface area contributed by atoms with Gasteiger partial charge < -0.3 is 14.8 Å². The van der Waals surface area contributed by atoms with E-state index in [9.17, 15) is 4.79 Å². The normalized spacial score (nSPS) is 10.4. The van der Waals surface area contributed by atoms with Gasteiger partial charge in [-0.1, -0.05) is 66.7 Å². The van der Waals surface area contributed by atoms with Gasteiger partial charge in [0.25, 0.3) is 5.91 Å². The van der Waals surface area contributed by atoms with Gasteiger partial charge in [0.1, 0.15) is 11.5 Å². The molecule has 0 aromatic heterocycles. The molecular weight excluding hydrogens is 410 g/mol. The number of ether oxygens (including phenoxy) is 2. The minimum atomic E-state index is -0.179. The average molecular weight is 438 g/mol. The van der Waals surface area contributed by atoms with E-state index in [0.29, 0.717) is 30.2 Å². The van der Waals surface area contributed by atoms with Crippen molar-refractivity contribution in [2.24, 2.45) is 0 Å². The zero-order chi connectivity index (χ0) is 22.7. The first-order valence-corrected chi connectivity index (χ1v) is 11.1. The highest BCUT2D eigenvalue weighted by molar-refractivity contribution is 6.04. The molecule has 0 aliphatic rings. The lowest BCUT2D eigenvalue weighted by atomic mass is 10.1. The zero-order valence-corrected chi connectivity index (χ0v) is 18.4. The highest BCUT2D eigenvalue weighted by Crippen LogP contribution is 2.19. The summed E-state index contributed by atoms with van der Waals surface area (Å²) in [4.78, 5) is 12.7. The van der Waals surface area contributed by atoms with E-state index in [1.165, 1.54) is 11.1 Å². The fourth-order valence-electron chi connectivity index (χ4n) is 3.43. The summed E-state index contributed by atoms with van der Waals surface area (Å²) in [7, 11) is 0. The Labute approximate surface area is 194 Å². The number of nitrogens with one attached hydrogen (secondary N) is 1. The molecule has 0 spiro atoms. The van der Waals surface area contributed by atoms with Crippen LogP contribution in [-0.4, -0.2) is 19.1 Å². The molecule has 0 atom stereocenters. The van der Waals surface area contributed by atoms with E-state index in [0.717, 1.165) is 18.6 Å². The summed E-state index contributed by atoms with van der Waals surface area (Å²) in [5, 5.41) is 2.93. The Morgan fingerprint density at radius 3 is 1.79 bits per heavy atom. The first-order valence-electron chi connectivity index (χ1n) is 11.1. The van der Waals surface area contributed by atoms with Gasteiger partial charge in [-0.25, -0.2) is 0 Å². The molecule has 0 bridgehead atoms. The summed E-state index contributed by atoms with van der Waals surface area (Å²) < 4.78 is 11.7. The van der Waals surface area contributed by atoms with Crippen molar-refractivity contribution in [3.63, 3.8) is 0 Å². The fraction of sp³-hybridized carbons (Fsp3) is 0.138. The lowest BCUT2D eigenvalue weighted by Crippen LogP contribution is -2.12. The van der Waals surface area contributed by atoms with Gasteiger partial charge in [0.05, 0.1) is 13.2 Å². The average Bonchev–Trinajstić information content (AvgIpc) is 2.87. The van der Waals surface area contributed by atoms with Crippen molar-refractivity contribution in [1.82, 2.24) is 0 Å². The predicted octanol–water partition coefficient (Wildman–Crippen LogP) is 6.18. The van der Waals surface area contributed by atoms with Crippen molar-refractivity contribution in [2.45, 2.75) is 12.8 Å². The second-order valence-electron chi connectivity index (χ2n) is 7.67. The molecular formula is C29H27NO3. The highest BCUT2D eigenvalue weighted by atomic mass is 16.5. The SMILES string of the molecule is O=C(Nc1ccc(OCCc2ccccc2)cc1)c1cccc(OCCc2ccccc2)c1. The first kappa shape index (κ1) is 22.2. The van der Waals surface area contributed by atoms with Crippen LogP contribution >= 0.6 is 0 Å². The van der Waals surface area contributed by atoms with Crippen LogP contribution in [0.4, 0.5) is 5.69 Å². The minimum Gasteiger partial charge on any atom is -0.493 e. The third kappa shape index (κ3) is 6.97. The van der Waals surface area contributed by atoms with Crippen LogP contribution in [0.5, 0.6) is 11.5 Å². The van der Waals surface area contributed by atoms with Crippen LogP contribution in [0.1, 0.15) is 21.5 Å². The second-order valence-corrected chi connectivity index (χ2v) is 7.67. The van der Waals surface area contributed by atoms with Gasteiger partial charge in [0.2, 0.25) is 0 Å². The maximum absolute atomic E-state index is 12.7. The molecule has 0 saturated carbocycles. The standard InChI is InChI=1S/C29H27NO3/c31-29(25-12-7-13-28(22-25)33-21-19-24-10-5-2-6-11-24)30-26-14-16-27(17-15-26)32-20-18-23-8-3-1-4-9-23/h1-17,22H,18-21H2,(H,30,31). The van der Waals surface area contributed by atoms with Crippen LogP contribution in [0.3, 0.4) is 0 Å². The fourth-order valence-corrected chi connectivity index (χ4v) is 3.43. The molecule has 4 rings (SSSR count). The van der Waals surface area contributed by atoms with E-state index in [1.54, 1.807) is 12.1 Å². The topological polar surface area (TPSA) is 47.6 Å². The molecule has 4 aromatic carbocycles. The largest absolute Gasteiger partial charge is 0.493 e. The van der Waals surface area contributed by atoms with Gasteiger partial charge in [0, 0.05) is 24.1 Å². The Morgan fingerprint density at radius 1 is 0.606 bits per heavy atom. The van der Waals surface area contributed by atoms with Gasteiger partial charge in [-0.3, -0.25) is 4.79 Å².